The average molecular weight is 241 g/mol. The van der Waals surface area contributed by atoms with Crippen molar-refractivity contribution in [3.63, 3.8) is 0 Å². The van der Waals surface area contributed by atoms with Gasteiger partial charge in [0.1, 0.15) is 0 Å². The summed E-state index contributed by atoms with van der Waals surface area (Å²) in [5.74, 6) is 0. The lowest BCUT2D eigenvalue weighted by molar-refractivity contribution is -0.109. The van der Waals surface area contributed by atoms with Crippen molar-refractivity contribution in [3.05, 3.63) is 0 Å². The molecule has 0 bridgehead atoms. The number of ether oxygens (including phenoxy) is 2. The molecule has 98 valence electrons. The second-order valence-corrected chi connectivity index (χ2v) is 5.70. The largest absolute Gasteiger partial charge is 0.395 e. The molecule has 0 aromatic heterocycles. The molecular formula is C13H23NO3. The maximum Gasteiger partial charge on any atom is 0.0951 e. The molecular weight excluding hydrogens is 218 g/mol. The zero-order valence-corrected chi connectivity index (χ0v) is 10.4. The van der Waals surface area contributed by atoms with Gasteiger partial charge in [0, 0.05) is 31.7 Å². The number of hydrogen-bond acceptors (Lipinski definition) is 4. The number of nitrogens with zero attached hydrogens (tertiary/aromatic N) is 1. The molecule has 3 unspecified atom stereocenters. The van der Waals surface area contributed by atoms with Crippen molar-refractivity contribution in [2.75, 3.05) is 33.0 Å². The molecule has 0 amide bonds. The molecule has 1 N–H and O–H groups in total. The van der Waals surface area contributed by atoms with Gasteiger partial charge in [0.15, 0.2) is 0 Å². The molecule has 3 atom stereocenters. The molecule has 17 heavy (non-hydrogen) atoms. The van der Waals surface area contributed by atoms with Crippen LogP contribution in [0.5, 0.6) is 0 Å². The van der Waals surface area contributed by atoms with E-state index in [1.54, 1.807) is 0 Å². The van der Waals surface area contributed by atoms with Crippen LogP contribution in [-0.2, 0) is 9.47 Å². The van der Waals surface area contributed by atoms with E-state index < -0.39 is 0 Å². The SMILES string of the molecule is OCC1CCCN1C1CCOC2(CCOC2)C1. The van der Waals surface area contributed by atoms with Gasteiger partial charge < -0.3 is 14.6 Å². The summed E-state index contributed by atoms with van der Waals surface area (Å²) in [6, 6.07) is 0.975. The second kappa shape index (κ2) is 4.84. The third-order valence-corrected chi connectivity index (χ3v) is 4.64. The Hall–Kier alpha value is -0.160. The van der Waals surface area contributed by atoms with E-state index in [1.807, 2.05) is 0 Å². The van der Waals surface area contributed by atoms with Gasteiger partial charge in [-0.05, 0) is 32.2 Å². The van der Waals surface area contributed by atoms with Crippen LogP contribution in [0.25, 0.3) is 0 Å². The number of likely N-dealkylation sites (tertiary alicyclic amines) is 1. The smallest absolute Gasteiger partial charge is 0.0951 e. The van der Waals surface area contributed by atoms with Crippen LogP contribution >= 0.6 is 0 Å². The predicted molar refractivity (Wildman–Crippen MR) is 64.0 cm³/mol. The Morgan fingerprint density at radius 2 is 2.24 bits per heavy atom. The van der Waals surface area contributed by atoms with Crippen molar-refractivity contribution in [2.45, 2.75) is 49.8 Å². The first-order chi connectivity index (χ1) is 8.33. The van der Waals surface area contributed by atoms with Gasteiger partial charge in [-0.2, -0.15) is 0 Å². The number of hydrogen-bond donors (Lipinski definition) is 1. The van der Waals surface area contributed by atoms with Crippen LogP contribution in [0.3, 0.4) is 0 Å². The summed E-state index contributed by atoms with van der Waals surface area (Å²) in [5, 5.41) is 9.43. The maximum atomic E-state index is 9.43. The molecule has 3 heterocycles. The molecule has 4 nitrogen and oxygen atoms in total. The fourth-order valence-electron chi connectivity index (χ4n) is 3.68. The number of aliphatic hydroxyl groups excluding tert-OH is 1. The van der Waals surface area contributed by atoms with Crippen LogP contribution in [0, 0.1) is 0 Å². The van der Waals surface area contributed by atoms with E-state index in [-0.39, 0.29) is 5.60 Å². The van der Waals surface area contributed by atoms with Gasteiger partial charge in [-0.25, -0.2) is 0 Å². The van der Waals surface area contributed by atoms with Gasteiger partial charge in [-0.3, -0.25) is 4.90 Å². The highest BCUT2D eigenvalue weighted by Gasteiger charge is 2.44. The normalized spacial score (nSPS) is 43.6. The zero-order chi connectivity index (χ0) is 11.7. The Bertz CT molecular complexity index is 265. The monoisotopic (exact) mass is 241 g/mol. The van der Waals surface area contributed by atoms with E-state index in [0.717, 1.165) is 52.0 Å². The Morgan fingerprint density at radius 3 is 3.00 bits per heavy atom. The fraction of sp³-hybridized carbons (Fsp3) is 1.00. The van der Waals surface area contributed by atoms with Gasteiger partial charge >= 0.3 is 0 Å². The van der Waals surface area contributed by atoms with Crippen molar-refractivity contribution in [3.8, 4) is 0 Å². The lowest BCUT2D eigenvalue weighted by atomic mass is 9.88. The summed E-state index contributed by atoms with van der Waals surface area (Å²) in [6.07, 6.45) is 5.62. The summed E-state index contributed by atoms with van der Waals surface area (Å²) < 4.78 is 11.5. The van der Waals surface area contributed by atoms with E-state index in [2.05, 4.69) is 4.90 Å². The molecule has 3 saturated heterocycles. The highest BCUT2D eigenvalue weighted by molar-refractivity contribution is 4.96. The van der Waals surface area contributed by atoms with Crippen LogP contribution in [0.4, 0.5) is 0 Å². The first kappa shape index (κ1) is 11.9. The minimum absolute atomic E-state index is 0.00842. The third kappa shape index (κ3) is 2.24. The summed E-state index contributed by atoms with van der Waals surface area (Å²) in [6.45, 7) is 3.91. The Labute approximate surface area is 103 Å². The van der Waals surface area contributed by atoms with Crippen LogP contribution in [0.2, 0.25) is 0 Å². The first-order valence-electron chi connectivity index (χ1n) is 6.91. The molecule has 0 aromatic carbocycles. The zero-order valence-electron chi connectivity index (χ0n) is 10.4. The van der Waals surface area contributed by atoms with Crippen molar-refractivity contribution in [2.24, 2.45) is 0 Å². The lowest BCUT2D eigenvalue weighted by Gasteiger charge is -2.42. The predicted octanol–water partition coefficient (Wildman–Crippen LogP) is 0.781. The summed E-state index contributed by atoms with van der Waals surface area (Å²) >= 11 is 0. The molecule has 1 spiro atoms. The van der Waals surface area contributed by atoms with Crippen molar-refractivity contribution >= 4 is 0 Å². The van der Waals surface area contributed by atoms with Crippen molar-refractivity contribution in [1.29, 1.82) is 0 Å². The molecule has 0 radical (unpaired) electrons. The molecule has 0 aromatic rings. The van der Waals surface area contributed by atoms with E-state index in [1.165, 1.54) is 6.42 Å². The molecule has 3 aliphatic heterocycles. The Kier molecular flexibility index (Phi) is 3.39. The minimum Gasteiger partial charge on any atom is -0.395 e. The minimum atomic E-state index is -0.00842. The molecule has 4 heteroatoms. The highest BCUT2D eigenvalue weighted by Crippen LogP contribution is 2.36. The van der Waals surface area contributed by atoms with Crippen molar-refractivity contribution < 1.29 is 14.6 Å². The standard InChI is InChI=1S/C13H23NO3/c15-9-12-2-1-5-14(12)11-3-6-17-13(8-11)4-7-16-10-13/h11-12,15H,1-10H2. The fourth-order valence-corrected chi connectivity index (χ4v) is 3.68. The topological polar surface area (TPSA) is 41.9 Å². The highest BCUT2D eigenvalue weighted by atomic mass is 16.6. The van der Waals surface area contributed by atoms with Gasteiger partial charge in [-0.1, -0.05) is 0 Å². The van der Waals surface area contributed by atoms with E-state index in [9.17, 15) is 5.11 Å². The number of aliphatic hydroxyl groups is 1. The number of rotatable bonds is 2. The summed E-state index contributed by atoms with van der Waals surface area (Å²) in [5.41, 5.74) is -0.00842. The first-order valence-corrected chi connectivity index (χ1v) is 6.91. The quantitative estimate of drug-likeness (QED) is 0.776. The molecule has 3 rings (SSSR count). The molecule has 3 aliphatic rings. The molecule has 0 aliphatic carbocycles. The van der Waals surface area contributed by atoms with Gasteiger partial charge in [-0.15, -0.1) is 0 Å². The van der Waals surface area contributed by atoms with Crippen LogP contribution in [-0.4, -0.2) is 60.7 Å². The Balaban J connectivity index is 1.67. The third-order valence-electron chi connectivity index (χ3n) is 4.64. The van der Waals surface area contributed by atoms with Gasteiger partial charge in [0.05, 0.1) is 18.8 Å². The van der Waals surface area contributed by atoms with Crippen LogP contribution in [0.1, 0.15) is 32.1 Å². The van der Waals surface area contributed by atoms with Gasteiger partial charge in [0.2, 0.25) is 0 Å². The Morgan fingerprint density at radius 1 is 1.29 bits per heavy atom. The second-order valence-electron chi connectivity index (χ2n) is 5.70. The average Bonchev–Trinajstić information content (AvgIpc) is 2.98. The van der Waals surface area contributed by atoms with Gasteiger partial charge in [0.25, 0.3) is 0 Å². The van der Waals surface area contributed by atoms with Crippen molar-refractivity contribution in [1.82, 2.24) is 4.90 Å². The lowest BCUT2D eigenvalue weighted by Crippen LogP contribution is -2.51. The van der Waals surface area contributed by atoms with E-state index in [4.69, 9.17) is 9.47 Å². The van der Waals surface area contributed by atoms with Crippen LogP contribution < -0.4 is 0 Å². The summed E-state index contributed by atoms with van der Waals surface area (Å²) in [4.78, 5) is 2.52. The molecule has 3 fully saturated rings. The summed E-state index contributed by atoms with van der Waals surface area (Å²) in [7, 11) is 0. The van der Waals surface area contributed by atoms with E-state index in [0.29, 0.717) is 18.7 Å². The van der Waals surface area contributed by atoms with E-state index >= 15 is 0 Å². The van der Waals surface area contributed by atoms with Crippen LogP contribution in [0.15, 0.2) is 0 Å². The molecule has 0 saturated carbocycles. The maximum absolute atomic E-state index is 9.43.